The van der Waals surface area contributed by atoms with Crippen molar-refractivity contribution in [1.82, 2.24) is 0 Å². The van der Waals surface area contributed by atoms with Crippen molar-refractivity contribution in [2.45, 2.75) is 13.3 Å². The summed E-state index contributed by atoms with van der Waals surface area (Å²) in [6.07, 6.45) is 2.90. The van der Waals surface area contributed by atoms with E-state index in [-0.39, 0.29) is 0 Å². The number of rotatable bonds is 4. The lowest BCUT2D eigenvalue weighted by Gasteiger charge is -2.09. The van der Waals surface area contributed by atoms with Crippen LogP contribution in [-0.4, -0.2) is 19.0 Å². The van der Waals surface area contributed by atoms with E-state index in [1.807, 2.05) is 30.3 Å². The normalized spacial score (nSPS) is 12.5. The van der Waals surface area contributed by atoms with Gasteiger partial charge in [0.25, 0.3) is 4.81 Å². The van der Waals surface area contributed by atoms with Crippen LogP contribution in [0.5, 0.6) is 5.75 Å². The van der Waals surface area contributed by atoms with Crippen molar-refractivity contribution in [2.24, 2.45) is 4.99 Å². The Bertz CT molecular complexity index is 410. The standard InChI is InChI=1S/C13H16BrNO2/c1-4-5-12(17-13(14)15-2)10-6-8-11(16-3)9-7-10/h5-9H,4H2,1-3H3/b12-5+,15-13?. The van der Waals surface area contributed by atoms with Gasteiger partial charge >= 0.3 is 0 Å². The molecule has 0 aliphatic heterocycles. The maximum atomic E-state index is 5.59. The third-order valence-electron chi connectivity index (χ3n) is 2.13. The number of allylic oxidation sites excluding steroid dienone is 1. The Morgan fingerprint density at radius 1 is 1.35 bits per heavy atom. The molecule has 1 rings (SSSR count). The van der Waals surface area contributed by atoms with E-state index < -0.39 is 0 Å². The van der Waals surface area contributed by atoms with Gasteiger partial charge in [-0.2, -0.15) is 0 Å². The summed E-state index contributed by atoms with van der Waals surface area (Å²) in [5.74, 6) is 1.61. The van der Waals surface area contributed by atoms with Crippen molar-refractivity contribution in [3.8, 4) is 5.75 Å². The van der Waals surface area contributed by atoms with Crippen LogP contribution in [0, 0.1) is 0 Å². The lowest BCUT2D eigenvalue weighted by molar-refractivity contribution is 0.414. The number of halogens is 1. The van der Waals surface area contributed by atoms with Crippen LogP contribution in [0.1, 0.15) is 18.9 Å². The Kier molecular flexibility index (Phi) is 5.77. The first-order valence-corrected chi connectivity index (χ1v) is 6.15. The fourth-order valence-corrected chi connectivity index (χ4v) is 1.47. The molecule has 4 heteroatoms. The summed E-state index contributed by atoms with van der Waals surface area (Å²) in [5.41, 5.74) is 0.994. The molecule has 0 fully saturated rings. The van der Waals surface area contributed by atoms with Gasteiger partial charge in [-0.25, -0.2) is 4.99 Å². The molecule has 1 aromatic rings. The van der Waals surface area contributed by atoms with E-state index in [0.29, 0.717) is 4.81 Å². The zero-order valence-corrected chi connectivity index (χ0v) is 11.8. The Balaban J connectivity index is 2.94. The van der Waals surface area contributed by atoms with Crippen LogP contribution in [-0.2, 0) is 4.74 Å². The third-order valence-corrected chi connectivity index (χ3v) is 2.65. The molecule has 0 aromatic heterocycles. The van der Waals surface area contributed by atoms with Crippen LogP contribution in [0.2, 0.25) is 0 Å². The quantitative estimate of drug-likeness (QED) is 0.480. The molecule has 0 aliphatic rings. The molecule has 0 N–H and O–H groups in total. The van der Waals surface area contributed by atoms with Gasteiger partial charge in [0.15, 0.2) is 0 Å². The molecular weight excluding hydrogens is 282 g/mol. The van der Waals surface area contributed by atoms with Gasteiger partial charge in [0.2, 0.25) is 0 Å². The Morgan fingerprint density at radius 3 is 2.47 bits per heavy atom. The van der Waals surface area contributed by atoms with Gasteiger partial charge in [0.05, 0.1) is 7.11 Å². The molecule has 92 valence electrons. The molecule has 0 spiro atoms. The van der Waals surface area contributed by atoms with Gasteiger partial charge < -0.3 is 9.47 Å². The minimum Gasteiger partial charge on any atom is -0.497 e. The molecular formula is C13H16BrNO2. The topological polar surface area (TPSA) is 30.8 Å². The molecule has 17 heavy (non-hydrogen) atoms. The molecule has 0 atom stereocenters. The number of ether oxygens (including phenoxy) is 2. The second-order valence-corrected chi connectivity index (χ2v) is 3.96. The molecule has 0 amide bonds. The summed E-state index contributed by atoms with van der Waals surface area (Å²) < 4.78 is 10.7. The fraction of sp³-hybridized carbons (Fsp3) is 0.308. The monoisotopic (exact) mass is 297 g/mol. The first kappa shape index (κ1) is 13.8. The molecule has 0 bridgehead atoms. The van der Waals surface area contributed by atoms with E-state index in [2.05, 4.69) is 27.8 Å². The fourth-order valence-electron chi connectivity index (χ4n) is 1.30. The van der Waals surface area contributed by atoms with Crippen molar-refractivity contribution in [3.05, 3.63) is 35.9 Å². The third kappa shape index (κ3) is 4.23. The van der Waals surface area contributed by atoms with Gasteiger partial charge in [-0.05, 0) is 36.8 Å². The molecule has 0 aliphatic carbocycles. The molecule has 0 heterocycles. The highest BCUT2D eigenvalue weighted by Gasteiger charge is 2.05. The largest absolute Gasteiger partial charge is 0.497 e. The first-order valence-electron chi connectivity index (χ1n) is 5.36. The van der Waals surface area contributed by atoms with Gasteiger partial charge in [0, 0.05) is 28.5 Å². The SMILES string of the molecule is CC/C=C(/OC(Br)=NC)c1ccc(OC)cc1. The van der Waals surface area contributed by atoms with Crippen LogP contribution in [0.25, 0.3) is 5.76 Å². The van der Waals surface area contributed by atoms with Crippen molar-refractivity contribution >= 4 is 26.5 Å². The van der Waals surface area contributed by atoms with Crippen LogP contribution >= 0.6 is 15.9 Å². The van der Waals surface area contributed by atoms with Crippen LogP contribution in [0.15, 0.2) is 35.3 Å². The predicted octanol–water partition coefficient (Wildman–Crippen LogP) is 3.84. The zero-order valence-electron chi connectivity index (χ0n) is 10.2. The molecule has 0 unspecified atom stereocenters. The second-order valence-electron chi connectivity index (χ2n) is 3.28. The molecule has 3 nitrogen and oxygen atoms in total. The second kappa shape index (κ2) is 7.12. The average molecular weight is 298 g/mol. The highest BCUT2D eigenvalue weighted by molar-refractivity contribution is 9.18. The Morgan fingerprint density at radius 2 is 2.00 bits per heavy atom. The van der Waals surface area contributed by atoms with E-state index >= 15 is 0 Å². The lowest BCUT2D eigenvalue weighted by Crippen LogP contribution is -1.96. The van der Waals surface area contributed by atoms with Crippen molar-refractivity contribution in [1.29, 1.82) is 0 Å². The lowest BCUT2D eigenvalue weighted by atomic mass is 10.1. The first-order chi connectivity index (χ1) is 8.21. The smallest absolute Gasteiger partial charge is 0.259 e. The summed E-state index contributed by atoms with van der Waals surface area (Å²) in [6.45, 7) is 2.06. The number of nitrogens with zero attached hydrogens (tertiary/aromatic N) is 1. The highest BCUT2D eigenvalue weighted by Crippen LogP contribution is 2.21. The Labute approximate surface area is 110 Å². The molecule has 0 saturated carbocycles. The van der Waals surface area contributed by atoms with Gasteiger partial charge in [-0.1, -0.05) is 6.92 Å². The average Bonchev–Trinajstić information content (AvgIpc) is 2.38. The van der Waals surface area contributed by atoms with Crippen molar-refractivity contribution in [2.75, 3.05) is 14.2 Å². The molecule has 0 saturated heterocycles. The van der Waals surface area contributed by atoms with Crippen LogP contribution in [0.4, 0.5) is 0 Å². The predicted molar refractivity (Wildman–Crippen MR) is 74.6 cm³/mol. The Hall–Kier alpha value is -1.29. The molecule has 0 radical (unpaired) electrons. The number of hydrogen-bond donors (Lipinski definition) is 0. The zero-order chi connectivity index (χ0) is 12.7. The summed E-state index contributed by atoms with van der Waals surface area (Å²) in [7, 11) is 3.32. The number of aliphatic imine (C=N–C) groups is 1. The van der Waals surface area contributed by atoms with Crippen molar-refractivity contribution < 1.29 is 9.47 Å². The number of methoxy groups -OCH3 is 1. The number of hydrogen-bond acceptors (Lipinski definition) is 3. The van der Waals surface area contributed by atoms with Crippen LogP contribution < -0.4 is 4.74 Å². The van der Waals surface area contributed by atoms with E-state index in [1.165, 1.54) is 0 Å². The van der Waals surface area contributed by atoms with Crippen LogP contribution in [0.3, 0.4) is 0 Å². The minimum absolute atomic E-state index is 0.466. The highest BCUT2D eigenvalue weighted by atomic mass is 79.9. The molecule has 1 aromatic carbocycles. The summed E-state index contributed by atoms with van der Waals surface area (Å²) in [4.78, 5) is 4.38. The minimum atomic E-state index is 0.466. The number of benzene rings is 1. The van der Waals surface area contributed by atoms with E-state index in [4.69, 9.17) is 9.47 Å². The van der Waals surface area contributed by atoms with E-state index in [1.54, 1.807) is 14.2 Å². The van der Waals surface area contributed by atoms with Gasteiger partial charge in [0.1, 0.15) is 11.5 Å². The maximum absolute atomic E-state index is 5.59. The van der Waals surface area contributed by atoms with E-state index in [0.717, 1.165) is 23.5 Å². The maximum Gasteiger partial charge on any atom is 0.259 e. The summed E-state index contributed by atoms with van der Waals surface area (Å²) in [6, 6.07) is 7.71. The summed E-state index contributed by atoms with van der Waals surface area (Å²) >= 11 is 3.24. The van der Waals surface area contributed by atoms with Crippen molar-refractivity contribution in [3.63, 3.8) is 0 Å². The van der Waals surface area contributed by atoms with Gasteiger partial charge in [-0.3, -0.25) is 0 Å². The van der Waals surface area contributed by atoms with E-state index in [9.17, 15) is 0 Å². The van der Waals surface area contributed by atoms with Gasteiger partial charge in [-0.15, -0.1) is 0 Å². The summed E-state index contributed by atoms with van der Waals surface area (Å²) in [5, 5.41) is 0.